The number of hydrogen-bond donors (Lipinski definition) is 0. The van der Waals surface area contributed by atoms with E-state index in [0.717, 1.165) is 11.0 Å². The van der Waals surface area contributed by atoms with E-state index >= 15 is 0 Å². The van der Waals surface area contributed by atoms with E-state index < -0.39 is 0 Å². The standard InChI is InChI=1S/C7H4BrIN2/c8-11-4-10-6-2-1-5(9)3-7(6)11/h1-4H. The molecule has 0 aliphatic carbocycles. The molecule has 0 atom stereocenters. The van der Waals surface area contributed by atoms with Crippen LogP contribution in [0.25, 0.3) is 11.0 Å². The molecule has 0 saturated heterocycles. The van der Waals surface area contributed by atoms with Crippen LogP contribution in [-0.2, 0) is 0 Å². The van der Waals surface area contributed by atoms with E-state index in [-0.39, 0.29) is 0 Å². The summed E-state index contributed by atoms with van der Waals surface area (Å²) in [7, 11) is 0. The van der Waals surface area contributed by atoms with E-state index in [4.69, 9.17) is 0 Å². The van der Waals surface area contributed by atoms with Gasteiger partial charge in [-0.3, -0.25) is 3.59 Å². The molecular formula is C7H4BrIN2. The molecule has 11 heavy (non-hydrogen) atoms. The minimum atomic E-state index is 1.02. The van der Waals surface area contributed by atoms with Gasteiger partial charge in [0.1, 0.15) is 6.33 Å². The number of hydrogen-bond acceptors (Lipinski definition) is 1. The summed E-state index contributed by atoms with van der Waals surface area (Å²) in [5.74, 6) is 0. The van der Waals surface area contributed by atoms with Gasteiger partial charge in [-0.05, 0) is 40.8 Å². The maximum absolute atomic E-state index is 4.17. The Morgan fingerprint density at radius 3 is 3.09 bits per heavy atom. The van der Waals surface area contributed by atoms with Crippen molar-refractivity contribution in [2.75, 3.05) is 0 Å². The summed E-state index contributed by atoms with van der Waals surface area (Å²) in [6, 6.07) is 6.13. The van der Waals surface area contributed by atoms with Gasteiger partial charge < -0.3 is 0 Å². The number of aromatic nitrogens is 2. The summed E-state index contributed by atoms with van der Waals surface area (Å²) < 4.78 is 3.06. The maximum atomic E-state index is 4.17. The Morgan fingerprint density at radius 2 is 2.27 bits per heavy atom. The van der Waals surface area contributed by atoms with Crippen molar-refractivity contribution in [3.8, 4) is 0 Å². The average Bonchev–Trinajstić information content (AvgIpc) is 2.33. The van der Waals surface area contributed by atoms with Crippen LogP contribution in [0.1, 0.15) is 0 Å². The Morgan fingerprint density at radius 1 is 1.45 bits per heavy atom. The Labute approximate surface area is 86.1 Å². The van der Waals surface area contributed by atoms with Gasteiger partial charge in [0, 0.05) is 3.57 Å². The van der Waals surface area contributed by atoms with Crippen molar-refractivity contribution in [1.29, 1.82) is 0 Å². The highest BCUT2D eigenvalue weighted by molar-refractivity contribution is 14.1. The van der Waals surface area contributed by atoms with Crippen LogP contribution in [0, 0.1) is 3.57 Å². The average molecular weight is 323 g/mol. The Hall–Kier alpha value is -0.100. The lowest BCUT2D eigenvalue weighted by Gasteiger charge is -1.91. The van der Waals surface area contributed by atoms with Crippen molar-refractivity contribution < 1.29 is 0 Å². The summed E-state index contributed by atoms with van der Waals surface area (Å²) in [6.07, 6.45) is 1.75. The summed E-state index contributed by atoms with van der Waals surface area (Å²) in [6.45, 7) is 0. The third kappa shape index (κ3) is 1.29. The maximum Gasteiger partial charge on any atom is 0.106 e. The van der Waals surface area contributed by atoms with Gasteiger partial charge in [0.2, 0.25) is 0 Å². The molecule has 2 nitrogen and oxygen atoms in total. The normalized spacial score (nSPS) is 10.7. The molecular weight excluding hydrogens is 319 g/mol. The molecule has 1 aromatic carbocycles. The van der Waals surface area contributed by atoms with Crippen LogP contribution in [0.2, 0.25) is 0 Å². The first-order valence-electron chi connectivity index (χ1n) is 3.06. The molecule has 1 aromatic heterocycles. The van der Waals surface area contributed by atoms with Crippen LogP contribution in [-0.4, -0.2) is 8.58 Å². The summed E-state index contributed by atoms with van der Waals surface area (Å²) in [4.78, 5) is 4.17. The van der Waals surface area contributed by atoms with Gasteiger partial charge in [0.15, 0.2) is 0 Å². The highest BCUT2D eigenvalue weighted by atomic mass is 127. The Kier molecular flexibility index (Phi) is 1.88. The highest BCUT2D eigenvalue weighted by Gasteiger charge is 1.98. The van der Waals surface area contributed by atoms with Crippen LogP contribution in [0.5, 0.6) is 0 Å². The minimum Gasteiger partial charge on any atom is -0.265 e. The quantitative estimate of drug-likeness (QED) is 0.682. The van der Waals surface area contributed by atoms with Crippen molar-refractivity contribution in [3.63, 3.8) is 0 Å². The lowest BCUT2D eigenvalue weighted by molar-refractivity contribution is 1.29. The zero-order valence-electron chi connectivity index (χ0n) is 5.46. The molecule has 0 saturated carbocycles. The van der Waals surface area contributed by atoms with Gasteiger partial charge in [-0.1, -0.05) is 0 Å². The second kappa shape index (κ2) is 2.75. The predicted molar refractivity (Wildman–Crippen MR) is 56.8 cm³/mol. The van der Waals surface area contributed by atoms with Crippen LogP contribution in [0.3, 0.4) is 0 Å². The smallest absolute Gasteiger partial charge is 0.106 e. The van der Waals surface area contributed by atoms with Gasteiger partial charge in [-0.2, -0.15) is 0 Å². The third-order valence-corrected chi connectivity index (χ3v) is 2.70. The van der Waals surface area contributed by atoms with Crippen LogP contribution < -0.4 is 0 Å². The Balaban J connectivity index is 2.87. The fourth-order valence-corrected chi connectivity index (χ4v) is 1.80. The van der Waals surface area contributed by atoms with Gasteiger partial charge in [0.25, 0.3) is 0 Å². The number of rotatable bonds is 0. The lowest BCUT2D eigenvalue weighted by atomic mass is 10.3. The SMILES string of the molecule is Brn1cnc2ccc(I)cc21. The molecule has 0 radical (unpaired) electrons. The van der Waals surface area contributed by atoms with Crippen LogP contribution in [0.4, 0.5) is 0 Å². The molecule has 0 spiro atoms. The van der Waals surface area contributed by atoms with E-state index in [1.807, 2.05) is 15.7 Å². The van der Waals surface area contributed by atoms with Crippen molar-refractivity contribution in [2.45, 2.75) is 0 Å². The van der Waals surface area contributed by atoms with E-state index in [1.165, 1.54) is 3.57 Å². The molecule has 0 N–H and O–H groups in total. The van der Waals surface area contributed by atoms with Crippen molar-refractivity contribution in [1.82, 2.24) is 8.58 Å². The first-order valence-corrected chi connectivity index (χ1v) is 4.85. The van der Waals surface area contributed by atoms with E-state index in [0.29, 0.717) is 0 Å². The zero-order chi connectivity index (χ0) is 7.84. The van der Waals surface area contributed by atoms with E-state index in [2.05, 4.69) is 49.8 Å². The molecule has 56 valence electrons. The molecule has 0 unspecified atom stereocenters. The highest BCUT2D eigenvalue weighted by Crippen LogP contribution is 2.17. The number of nitrogens with zero attached hydrogens (tertiary/aromatic N) is 2. The number of halogens is 2. The first-order chi connectivity index (χ1) is 5.27. The topological polar surface area (TPSA) is 17.8 Å². The molecule has 0 bridgehead atoms. The summed E-state index contributed by atoms with van der Waals surface area (Å²) in [5, 5.41) is 0. The summed E-state index contributed by atoms with van der Waals surface area (Å²) >= 11 is 5.63. The second-order valence-corrected chi connectivity index (χ2v) is 4.20. The molecule has 4 heteroatoms. The molecule has 2 rings (SSSR count). The third-order valence-electron chi connectivity index (χ3n) is 1.47. The second-order valence-electron chi connectivity index (χ2n) is 2.19. The largest absolute Gasteiger partial charge is 0.265 e. The van der Waals surface area contributed by atoms with Crippen molar-refractivity contribution in [3.05, 3.63) is 28.1 Å². The zero-order valence-corrected chi connectivity index (χ0v) is 9.20. The molecule has 0 aliphatic heterocycles. The van der Waals surface area contributed by atoms with Crippen LogP contribution >= 0.6 is 38.7 Å². The van der Waals surface area contributed by atoms with Crippen molar-refractivity contribution in [2.24, 2.45) is 0 Å². The monoisotopic (exact) mass is 322 g/mol. The van der Waals surface area contributed by atoms with E-state index in [1.54, 1.807) is 6.33 Å². The van der Waals surface area contributed by atoms with Crippen molar-refractivity contribution >= 4 is 49.8 Å². The van der Waals surface area contributed by atoms with Gasteiger partial charge >= 0.3 is 0 Å². The lowest BCUT2D eigenvalue weighted by Crippen LogP contribution is -1.76. The van der Waals surface area contributed by atoms with Gasteiger partial charge in [0.05, 0.1) is 27.2 Å². The fraction of sp³-hybridized carbons (Fsp3) is 0. The van der Waals surface area contributed by atoms with Gasteiger partial charge in [-0.25, -0.2) is 4.98 Å². The first kappa shape index (κ1) is 7.54. The van der Waals surface area contributed by atoms with E-state index in [9.17, 15) is 0 Å². The Bertz CT molecular complexity index is 396. The number of imidazole rings is 1. The molecule has 2 aromatic rings. The minimum absolute atomic E-state index is 1.02. The predicted octanol–water partition coefficient (Wildman–Crippen LogP) is 2.80. The summed E-state index contributed by atoms with van der Waals surface area (Å²) in [5.41, 5.74) is 2.12. The molecule has 0 amide bonds. The number of fused-ring (bicyclic) bond motifs is 1. The molecule has 1 heterocycles. The fourth-order valence-electron chi connectivity index (χ4n) is 0.952. The van der Waals surface area contributed by atoms with Crippen LogP contribution in [0.15, 0.2) is 24.5 Å². The number of benzene rings is 1. The molecule has 0 aliphatic rings. The van der Waals surface area contributed by atoms with Gasteiger partial charge in [-0.15, -0.1) is 0 Å². The molecule has 0 fully saturated rings.